The van der Waals surface area contributed by atoms with Gasteiger partial charge in [0, 0.05) is 0 Å². The van der Waals surface area contributed by atoms with Crippen LogP contribution in [0.5, 0.6) is 0 Å². The van der Waals surface area contributed by atoms with Gasteiger partial charge in [-0.2, -0.15) is 13.2 Å². The van der Waals surface area contributed by atoms with Crippen LogP contribution in [0, 0.1) is 6.92 Å². The number of alkyl halides is 3. The van der Waals surface area contributed by atoms with Gasteiger partial charge in [-0.1, -0.05) is 66.2 Å². The van der Waals surface area contributed by atoms with E-state index >= 15 is 0 Å². The smallest absolute Gasteiger partial charge is 0.375 e. The molecule has 0 aromatic heterocycles. The number of nitrogens with one attached hydrogen (secondary N) is 1. The molecule has 30 heavy (non-hydrogen) atoms. The molecule has 0 saturated carbocycles. The highest BCUT2D eigenvalue weighted by Gasteiger charge is 2.60. The Morgan fingerprint density at radius 2 is 1.57 bits per heavy atom. The number of aliphatic hydroxyl groups is 1. The highest BCUT2D eigenvalue weighted by molar-refractivity contribution is 7.84. The van der Waals surface area contributed by atoms with Gasteiger partial charge < -0.3 is 5.11 Å². The van der Waals surface area contributed by atoms with Crippen molar-refractivity contribution in [3.8, 4) is 0 Å². The standard InChI is InChI=1S/C23H28F3NO2S/c1-16-11-13-19(14-12-16)20(27-30(29)21(3,4)5)22(28,23(24,25)26)17(2)15-18-9-7-6-8-10-18/h6-15,20,27-28H,1-5H3/b17-15+/t20-,22+,30+/m0/s1. The largest absolute Gasteiger partial charge is 0.423 e. The quantitative estimate of drug-likeness (QED) is 0.626. The molecule has 0 heterocycles. The number of aryl methyl sites for hydroxylation is 1. The highest BCUT2D eigenvalue weighted by atomic mass is 32.2. The van der Waals surface area contributed by atoms with Crippen molar-refractivity contribution in [1.82, 2.24) is 4.72 Å². The van der Waals surface area contributed by atoms with Crippen molar-refractivity contribution in [2.45, 2.75) is 57.2 Å². The molecular weight excluding hydrogens is 411 g/mol. The third-order valence-electron chi connectivity index (χ3n) is 4.83. The summed E-state index contributed by atoms with van der Waals surface area (Å²) in [5.74, 6) is 0. The second kappa shape index (κ2) is 9.04. The summed E-state index contributed by atoms with van der Waals surface area (Å²) in [5, 5.41) is 11.2. The molecule has 2 rings (SSSR count). The van der Waals surface area contributed by atoms with E-state index in [0.717, 1.165) is 5.56 Å². The van der Waals surface area contributed by atoms with Crippen LogP contribution in [0.15, 0.2) is 60.2 Å². The van der Waals surface area contributed by atoms with Crippen LogP contribution < -0.4 is 4.72 Å². The highest BCUT2D eigenvalue weighted by Crippen LogP contribution is 2.46. The van der Waals surface area contributed by atoms with Crippen molar-refractivity contribution in [2.24, 2.45) is 0 Å². The van der Waals surface area contributed by atoms with Crippen molar-refractivity contribution in [2.75, 3.05) is 0 Å². The molecule has 0 unspecified atom stereocenters. The van der Waals surface area contributed by atoms with E-state index in [-0.39, 0.29) is 11.1 Å². The Balaban J connectivity index is 2.68. The molecule has 164 valence electrons. The Bertz CT molecular complexity index is 903. The van der Waals surface area contributed by atoms with Gasteiger partial charge in [0.15, 0.2) is 0 Å². The molecule has 0 aliphatic carbocycles. The summed E-state index contributed by atoms with van der Waals surface area (Å²) in [4.78, 5) is 0. The lowest BCUT2D eigenvalue weighted by molar-refractivity contribution is -0.253. The SMILES string of the molecule is C/C(=C\c1ccccc1)[C@@](O)([C@@H](N[S@](=O)C(C)(C)C)c1ccc(C)cc1)C(F)(F)F. The van der Waals surface area contributed by atoms with Crippen molar-refractivity contribution in [1.29, 1.82) is 0 Å². The maximum Gasteiger partial charge on any atom is 0.423 e. The van der Waals surface area contributed by atoms with E-state index in [4.69, 9.17) is 0 Å². The fraction of sp³-hybridized carbons (Fsp3) is 0.391. The Morgan fingerprint density at radius 3 is 2.03 bits per heavy atom. The molecule has 3 atom stereocenters. The van der Waals surface area contributed by atoms with Gasteiger partial charge in [0.2, 0.25) is 5.60 Å². The Labute approximate surface area is 178 Å². The fourth-order valence-corrected chi connectivity index (χ4v) is 3.84. The van der Waals surface area contributed by atoms with E-state index < -0.39 is 33.6 Å². The third-order valence-corrected chi connectivity index (χ3v) is 6.39. The number of halogens is 3. The van der Waals surface area contributed by atoms with Crippen LogP contribution in [0.1, 0.15) is 50.4 Å². The molecule has 0 radical (unpaired) electrons. The van der Waals surface area contributed by atoms with Crippen LogP contribution in [-0.4, -0.2) is 25.8 Å². The molecule has 0 bridgehead atoms. The molecule has 2 N–H and O–H groups in total. The first-order chi connectivity index (χ1) is 13.8. The maximum atomic E-state index is 14.4. The number of benzene rings is 2. The Morgan fingerprint density at radius 1 is 1.03 bits per heavy atom. The predicted octanol–water partition coefficient (Wildman–Crippen LogP) is 5.48. The van der Waals surface area contributed by atoms with E-state index in [1.54, 1.807) is 63.2 Å². The molecular formula is C23H28F3NO2S. The zero-order valence-electron chi connectivity index (χ0n) is 17.7. The summed E-state index contributed by atoms with van der Waals surface area (Å²) >= 11 is 0. The summed E-state index contributed by atoms with van der Waals surface area (Å²) in [6, 6.07) is 13.2. The van der Waals surface area contributed by atoms with Crippen LogP contribution in [0.2, 0.25) is 0 Å². The van der Waals surface area contributed by atoms with Gasteiger partial charge in [0.25, 0.3) is 0 Å². The molecule has 0 aliphatic rings. The van der Waals surface area contributed by atoms with Crippen molar-refractivity contribution < 1.29 is 22.5 Å². The second-order valence-electron chi connectivity index (χ2n) is 8.34. The lowest BCUT2D eigenvalue weighted by Crippen LogP contribution is -2.56. The Hall–Kier alpha value is -1.96. The maximum absolute atomic E-state index is 14.4. The third kappa shape index (κ3) is 5.39. The molecule has 0 saturated heterocycles. The average Bonchev–Trinajstić information content (AvgIpc) is 2.65. The molecule has 0 aliphatic heterocycles. The van der Waals surface area contributed by atoms with E-state index in [9.17, 15) is 22.5 Å². The lowest BCUT2D eigenvalue weighted by Gasteiger charge is -2.40. The van der Waals surface area contributed by atoms with Gasteiger partial charge in [0.05, 0.1) is 21.8 Å². The van der Waals surface area contributed by atoms with Crippen molar-refractivity contribution in [3.05, 3.63) is 76.9 Å². The van der Waals surface area contributed by atoms with Crippen molar-refractivity contribution >= 4 is 17.1 Å². The monoisotopic (exact) mass is 439 g/mol. The second-order valence-corrected chi connectivity index (χ2v) is 10.3. The number of hydrogen-bond acceptors (Lipinski definition) is 2. The molecule has 2 aromatic carbocycles. The first-order valence-corrected chi connectivity index (χ1v) is 10.7. The van der Waals surface area contributed by atoms with Crippen LogP contribution >= 0.6 is 0 Å². The van der Waals surface area contributed by atoms with E-state index in [1.807, 2.05) is 6.92 Å². The minimum atomic E-state index is -5.02. The molecule has 2 aromatic rings. The minimum absolute atomic E-state index is 0.193. The fourth-order valence-electron chi connectivity index (χ4n) is 2.96. The average molecular weight is 440 g/mol. The zero-order chi connectivity index (χ0) is 22.7. The zero-order valence-corrected chi connectivity index (χ0v) is 18.6. The number of rotatable bonds is 6. The van der Waals surface area contributed by atoms with Gasteiger partial charge in [-0.15, -0.1) is 0 Å². The van der Waals surface area contributed by atoms with Gasteiger partial charge >= 0.3 is 6.18 Å². The summed E-state index contributed by atoms with van der Waals surface area (Å²) in [5.41, 5.74) is -2.00. The number of hydrogen-bond donors (Lipinski definition) is 2. The molecule has 0 spiro atoms. The van der Waals surface area contributed by atoms with E-state index in [1.165, 1.54) is 25.1 Å². The van der Waals surface area contributed by atoms with Gasteiger partial charge in [-0.25, -0.2) is 8.93 Å². The predicted molar refractivity (Wildman–Crippen MR) is 116 cm³/mol. The summed E-state index contributed by atoms with van der Waals surface area (Å²) in [7, 11) is -1.85. The summed E-state index contributed by atoms with van der Waals surface area (Å²) in [6.45, 7) is 8.02. The van der Waals surface area contributed by atoms with Crippen LogP contribution in [0.25, 0.3) is 6.08 Å². The first kappa shape index (κ1) is 24.3. The minimum Gasteiger partial charge on any atom is -0.375 e. The van der Waals surface area contributed by atoms with Gasteiger partial charge in [-0.05, 0) is 51.3 Å². The van der Waals surface area contributed by atoms with E-state index in [2.05, 4.69) is 4.72 Å². The van der Waals surface area contributed by atoms with Gasteiger partial charge in [0.1, 0.15) is 0 Å². The van der Waals surface area contributed by atoms with Crippen LogP contribution in [0.3, 0.4) is 0 Å². The molecule has 0 fully saturated rings. The normalized spacial score (nSPS) is 17.3. The first-order valence-electron chi connectivity index (χ1n) is 9.54. The van der Waals surface area contributed by atoms with Crippen molar-refractivity contribution in [3.63, 3.8) is 0 Å². The lowest BCUT2D eigenvalue weighted by atomic mass is 9.81. The summed E-state index contributed by atoms with van der Waals surface area (Å²) < 4.78 is 57.7. The van der Waals surface area contributed by atoms with Crippen LogP contribution in [0.4, 0.5) is 13.2 Å². The molecule has 0 amide bonds. The van der Waals surface area contributed by atoms with Crippen LogP contribution in [-0.2, 0) is 11.0 Å². The molecule has 7 heteroatoms. The van der Waals surface area contributed by atoms with E-state index in [0.29, 0.717) is 5.56 Å². The Kier molecular flexibility index (Phi) is 7.32. The molecule has 3 nitrogen and oxygen atoms in total. The summed E-state index contributed by atoms with van der Waals surface area (Å²) in [6.07, 6.45) is -3.72. The topological polar surface area (TPSA) is 49.3 Å². The van der Waals surface area contributed by atoms with Gasteiger partial charge in [-0.3, -0.25) is 0 Å².